The van der Waals surface area contributed by atoms with Crippen LogP contribution in [0.1, 0.15) is 25.1 Å². The SMILES string of the molecule is CC.Cc1ccc(C#N)c(Cl)n1. The van der Waals surface area contributed by atoms with Crippen LogP contribution in [0, 0.1) is 18.3 Å². The molecule has 0 spiro atoms. The Hall–Kier alpha value is -1.07. The quantitative estimate of drug-likeness (QED) is 0.579. The summed E-state index contributed by atoms with van der Waals surface area (Å²) in [7, 11) is 0. The van der Waals surface area contributed by atoms with E-state index in [0.717, 1.165) is 5.69 Å². The lowest BCUT2D eigenvalue weighted by atomic mass is 10.3. The highest BCUT2D eigenvalue weighted by Gasteiger charge is 1.97. The highest BCUT2D eigenvalue weighted by Crippen LogP contribution is 2.11. The molecule has 0 aromatic carbocycles. The molecule has 0 fully saturated rings. The first-order valence-electron chi connectivity index (χ1n) is 3.77. The predicted molar refractivity (Wildman–Crippen MR) is 50.0 cm³/mol. The lowest BCUT2D eigenvalue weighted by molar-refractivity contribution is 1.19. The van der Waals surface area contributed by atoms with E-state index in [1.165, 1.54) is 0 Å². The molecule has 64 valence electrons. The minimum Gasteiger partial charge on any atom is -0.240 e. The molecular formula is C9H11ClN2. The van der Waals surface area contributed by atoms with Gasteiger partial charge in [0.1, 0.15) is 11.2 Å². The van der Waals surface area contributed by atoms with E-state index in [4.69, 9.17) is 16.9 Å². The van der Waals surface area contributed by atoms with Gasteiger partial charge in [-0.1, -0.05) is 25.4 Å². The van der Waals surface area contributed by atoms with Gasteiger partial charge in [0.25, 0.3) is 0 Å². The van der Waals surface area contributed by atoms with Gasteiger partial charge in [-0.25, -0.2) is 4.98 Å². The molecule has 1 aromatic heterocycles. The maximum Gasteiger partial charge on any atom is 0.147 e. The molecule has 0 radical (unpaired) electrons. The summed E-state index contributed by atoms with van der Waals surface area (Å²) in [6.07, 6.45) is 0. The zero-order valence-corrected chi connectivity index (χ0v) is 8.18. The second-order valence-corrected chi connectivity index (χ2v) is 2.26. The predicted octanol–water partition coefficient (Wildman–Crippen LogP) is 2.94. The first-order chi connectivity index (χ1) is 5.74. The summed E-state index contributed by atoms with van der Waals surface area (Å²) >= 11 is 5.60. The molecule has 0 bridgehead atoms. The third-order valence-electron chi connectivity index (χ3n) is 1.11. The van der Waals surface area contributed by atoms with Gasteiger partial charge in [-0.3, -0.25) is 0 Å². The molecule has 0 aliphatic rings. The average Bonchev–Trinajstić information content (AvgIpc) is 2.08. The van der Waals surface area contributed by atoms with Crippen molar-refractivity contribution >= 4 is 11.6 Å². The summed E-state index contributed by atoms with van der Waals surface area (Å²) in [5.41, 5.74) is 1.25. The zero-order chi connectivity index (χ0) is 9.56. The van der Waals surface area contributed by atoms with Gasteiger partial charge >= 0.3 is 0 Å². The van der Waals surface area contributed by atoms with Crippen molar-refractivity contribution in [3.63, 3.8) is 0 Å². The summed E-state index contributed by atoms with van der Waals surface area (Å²) in [6.45, 7) is 5.83. The van der Waals surface area contributed by atoms with Crippen LogP contribution in [0.2, 0.25) is 5.15 Å². The van der Waals surface area contributed by atoms with Gasteiger partial charge in [-0.15, -0.1) is 0 Å². The first kappa shape index (κ1) is 10.9. The molecule has 1 rings (SSSR count). The van der Waals surface area contributed by atoms with Crippen molar-refractivity contribution in [3.05, 3.63) is 28.5 Å². The Kier molecular flexibility index (Phi) is 5.07. The van der Waals surface area contributed by atoms with Gasteiger partial charge in [-0.05, 0) is 19.1 Å². The Bertz CT molecular complexity index is 289. The van der Waals surface area contributed by atoms with Gasteiger partial charge in [-0.2, -0.15) is 5.26 Å². The molecule has 1 aromatic rings. The summed E-state index contributed by atoms with van der Waals surface area (Å²) in [5.74, 6) is 0. The van der Waals surface area contributed by atoms with Crippen molar-refractivity contribution in [2.24, 2.45) is 0 Å². The summed E-state index contributed by atoms with van der Waals surface area (Å²) in [6, 6.07) is 5.34. The third-order valence-corrected chi connectivity index (χ3v) is 1.40. The summed E-state index contributed by atoms with van der Waals surface area (Å²) < 4.78 is 0. The van der Waals surface area contributed by atoms with Gasteiger partial charge in [0, 0.05) is 5.69 Å². The van der Waals surface area contributed by atoms with Crippen molar-refractivity contribution < 1.29 is 0 Å². The molecule has 3 heteroatoms. The van der Waals surface area contributed by atoms with Crippen LogP contribution in [-0.2, 0) is 0 Å². The van der Waals surface area contributed by atoms with E-state index >= 15 is 0 Å². The molecule has 1 heterocycles. The van der Waals surface area contributed by atoms with Crippen LogP contribution in [0.3, 0.4) is 0 Å². The van der Waals surface area contributed by atoms with E-state index in [-0.39, 0.29) is 5.15 Å². The van der Waals surface area contributed by atoms with Crippen molar-refractivity contribution in [2.45, 2.75) is 20.8 Å². The van der Waals surface area contributed by atoms with E-state index in [9.17, 15) is 0 Å². The van der Waals surface area contributed by atoms with E-state index in [1.807, 2.05) is 26.8 Å². The Morgan fingerprint density at radius 1 is 1.42 bits per heavy atom. The molecule has 0 aliphatic heterocycles. The molecular weight excluding hydrogens is 172 g/mol. The molecule has 0 atom stereocenters. The number of hydrogen-bond donors (Lipinski definition) is 0. The normalized spacial score (nSPS) is 7.92. The van der Waals surface area contributed by atoms with Gasteiger partial charge in [0.2, 0.25) is 0 Å². The van der Waals surface area contributed by atoms with Gasteiger partial charge in [0.15, 0.2) is 0 Å². The van der Waals surface area contributed by atoms with Crippen molar-refractivity contribution in [3.8, 4) is 6.07 Å². The largest absolute Gasteiger partial charge is 0.240 e. The Balaban J connectivity index is 0.000000561. The second-order valence-electron chi connectivity index (χ2n) is 1.90. The fraction of sp³-hybridized carbons (Fsp3) is 0.333. The van der Waals surface area contributed by atoms with Crippen LogP contribution in [0.5, 0.6) is 0 Å². The Labute approximate surface area is 77.8 Å². The van der Waals surface area contributed by atoms with Crippen LogP contribution in [-0.4, -0.2) is 4.98 Å². The maximum absolute atomic E-state index is 8.43. The minimum absolute atomic E-state index is 0.280. The molecule has 2 nitrogen and oxygen atoms in total. The van der Waals surface area contributed by atoms with Crippen LogP contribution in [0.15, 0.2) is 12.1 Å². The number of nitriles is 1. The number of rotatable bonds is 0. The molecule has 12 heavy (non-hydrogen) atoms. The van der Waals surface area contributed by atoms with Crippen LogP contribution >= 0.6 is 11.6 Å². The molecule has 0 saturated heterocycles. The van der Waals surface area contributed by atoms with Gasteiger partial charge < -0.3 is 0 Å². The topological polar surface area (TPSA) is 36.7 Å². The van der Waals surface area contributed by atoms with Crippen LogP contribution in [0.4, 0.5) is 0 Å². The monoisotopic (exact) mass is 182 g/mol. The van der Waals surface area contributed by atoms with E-state index in [0.29, 0.717) is 5.56 Å². The summed E-state index contributed by atoms with van der Waals surface area (Å²) in [4.78, 5) is 3.89. The fourth-order valence-electron chi connectivity index (χ4n) is 0.608. The van der Waals surface area contributed by atoms with E-state index in [2.05, 4.69) is 4.98 Å². The number of halogens is 1. The van der Waals surface area contributed by atoms with Crippen molar-refractivity contribution in [1.82, 2.24) is 4.98 Å². The van der Waals surface area contributed by atoms with Gasteiger partial charge in [0.05, 0.1) is 5.56 Å². The Morgan fingerprint density at radius 2 is 2.00 bits per heavy atom. The number of aryl methyl sites for hydroxylation is 1. The van der Waals surface area contributed by atoms with Crippen molar-refractivity contribution in [2.75, 3.05) is 0 Å². The average molecular weight is 183 g/mol. The lowest BCUT2D eigenvalue weighted by Gasteiger charge is -1.93. The molecule has 0 amide bonds. The third kappa shape index (κ3) is 2.89. The number of hydrogen-bond acceptors (Lipinski definition) is 2. The lowest BCUT2D eigenvalue weighted by Crippen LogP contribution is -1.84. The zero-order valence-electron chi connectivity index (χ0n) is 7.43. The number of nitrogens with zero attached hydrogens (tertiary/aromatic N) is 2. The standard InChI is InChI=1S/C7H5ClN2.C2H6/c1-5-2-3-6(4-9)7(8)10-5;1-2/h2-3H,1H3;1-2H3. The van der Waals surface area contributed by atoms with Crippen LogP contribution in [0.25, 0.3) is 0 Å². The number of aromatic nitrogens is 1. The smallest absolute Gasteiger partial charge is 0.147 e. The molecule has 0 unspecified atom stereocenters. The first-order valence-corrected chi connectivity index (χ1v) is 4.15. The van der Waals surface area contributed by atoms with Crippen LogP contribution < -0.4 is 0 Å². The minimum atomic E-state index is 0.280. The van der Waals surface area contributed by atoms with Crippen molar-refractivity contribution in [1.29, 1.82) is 5.26 Å². The summed E-state index contributed by atoms with van der Waals surface area (Å²) in [5, 5.41) is 8.71. The number of pyridine rings is 1. The van der Waals surface area contributed by atoms with E-state index < -0.39 is 0 Å². The maximum atomic E-state index is 8.43. The fourth-order valence-corrected chi connectivity index (χ4v) is 0.847. The second kappa shape index (κ2) is 5.56. The highest BCUT2D eigenvalue weighted by atomic mass is 35.5. The molecule has 0 aliphatic carbocycles. The Morgan fingerprint density at radius 3 is 2.42 bits per heavy atom. The molecule has 0 saturated carbocycles. The molecule has 0 N–H and O–H groups in total. The highest BCUT2D eigenvalue weighted by molar-refractivity contribution is 6.30. The van der Waals surface area contributed by atoms with E-state index in [1.54, 1.807) is 12.1 Å².